The zero-order chi connectivity index (χ0) is 22.1. The fourth-order valence-corrected chi connectivity index (χ4v) is 3.61. The maximum atomic E-state index is 14.9. The molecule has 0 atom stereocenters. The fourth-order valence-electron chi connectivity index (χ4n) is 3.61. The molecule has 0 aromatic heterocycles. The monoisotopic (exact) mass is 424 g/mol. The van der Waals surface area contributed by atoms with Crippen LogP contribution in [0, 0.1) is 29.1 Å². The Morgan fingerprint density at radius 2 is 1.29 bits per heavy atom. The molecule has 156 valence electrons. The smallest absolute Gasteiger partial charge is 0.195 e. The average molecular weight is 424 g/mol. The van der Waals surface area contributed by atoms with Crippen molar-refractivity contribution in [3.05, 3.63) is 108 Å². The van der Waals surface area contributed by atoms with E-state index in [2.05, 4.69) is 6.58 Å². The number of aryl methyl sites for hydroxylation is 1. The van der Waals surface area contributed by atoms with E-state index in [0.717, 1.165) is 18.1 Å². The summed E-state index contributed by atoms with van der Waals surface area (Å²) in [5.74, 6) is -5.22. The maximum Gasteiger partial charge on any atom is 0.195 e. The third-order valence-corrected chi connectivity index (χ3v) is 5.23. The van der Waals surface area contributed by atoms with Crippen LogP contribution in [0.3, 0.4) is 0 Å². The Morgan fingerprint density at radius 3 is 1.97 bits per heavy atom. The topological polar surface area (TPSA) is 0 Å². The quantitative estimate of drug-likeness (QED) is 0.173. The summed E-state index contributed by atoms with van der Waals surface area (Å²) in [6, 6.07) is 14.1. The highest BCUT2D eigenvalue weighted by atomic mass is 19.2. The lowest BCUT2D eigenvalue weighted by atomic mass is 9.96. The standard InChI is InChI=1S/C26H17F5/c1-2-3-4-15-5-8-19(22(27)11-15)17-6-9-20(23(28)13-17)16-7-10-21-18(12-16)14-24(29)26(31)25(21)30/h2,5-14H,1,3-4H2. The van der Waals surface area contributed by atoms with Crippen LogP contribution in [-0.2, 0) is 6.42 Å². The highest BCUT2D eigenvalue weighted by molar-refractivity contribution is 5.88. The van der Waals surface area contributed by atoms with Gasteiger partial charge in [0.25, 0.3) is 0 Å². The first-order valence-electron chi connectivity index (χ1n) is 9.66. The SMILES string of the molecule is C=CCCc1ccc(-c2ccc(-c3ccc4c(F)c(F)c(F)cc4c3)c(F)c2)c(F)c1. The van der Waals surface area contributed by atoms with Crippen molar-refractivity contribution in [2.24, 2.45) is 0 Å². The number of fused-ring (bicyclic) bond motifs is 1. The highest BCUT2D eigenvalue weighted by Crippen LogP contribution is 2.32. The van der Waals surface area contributed by atoms with Gasteiger partial charge in [0.2, 0.25) is 0 Å². The van der Waals surface area contributed by atoms with Crippen LogP contribution in [0.25, 0.3) is 33.0 Å². The molecule has 4 rings (SSSR count). The second-order valence-electron chi connectivity index (χ2n) is 7.26. The van der Waals surface area contributed by atoms with Crippen LogP contribution < -0.4 is 0 Å². The van der Waals surface area contributed by atoms with Gasteiger partial charge in [-0.05, 0) is 59.2 Å². The summed E-state index contributed by atoms with van der Waals surface area (Å²) in [7, 11) is 0. The minimum absolute atomic E-state index is 0.0988. The molecule has 4 aromatic rings. The zero-order valence-corrected chi connectivity index (χ0v) is 16.4. The van der Waals surface area contributed by atoms with Gasteiger partial charge < -0.3 is 0 Å². The van der Waals surface area contributed by atoms with Crippen molar-refractivity contribution in [2.45, 2.75) is 12.8 Å². The van der Waals surface area contributed by atoms with Gasteiger partial charge in [-0.15, -0.1) is 6.58 Å². The van der Waals surface area contributed by atoms with Crippen molar-refractivity contribution in [1.82, 2.24) is 0 Å². The largest absolute Gasteiger partial charge is 0.206 e. The summed E-state index contributed by atoms with van der Waals surface area (Å²) in [6.45, 7) is 3.65. The molecular weight excluding hydrogens is 407 g/mol. The van der Waals surface area contributed by atoms with Crippen LogP contribution in [-0.4, -0.2) is 0 Å². The van der Waals surface area contributed by atoms with Gasteiger partial charge in [0, 0.05) is 16.5 Å². The van der Waals surface area contributed by atoms with Crippen molar-refractivity contribution < 1.29 is 22.0 Å². The van der Waals surface area contributed by atoms with Gasteiger partial charge in [-0.2, -0.15) is 0 Å². The van der Waals surface area contributed by atoms with E-state index in [9.17, 15) is 22.0 Å². The van der Waals surface area contributed by atoms with E-state index in [-0.39, 0.29) is 21.9 Å². The van der Waals surface area contributed by atoms with Crippen LogP contribution in [0.5, 0.6) is 0 Å². The summed E-state index contributed by atoms with van der Waals surface area (Å²) in [4.78, 5) is 0. The van der Waals surface area contributed by atoms with E-state index in [1.807, 2.05) is 0 Å². The van der Waals surface area contributed by atoms with Crippen LogP contribution in [0.15, 0.2) is 73.3 Å². The Hall–Kier alpha value is -3.47. The Labute approximate surface area is 176 Å². The number of hydrogen-bond donors (Lipinski definition) is 0. The zero-order valence-electron chi connectivity index (χ0n) is 16.4. The Balaban J connectivity index is 1.71. The molecule has 4 aromatic carbocycles. The number of benzene rings is 4. The van der Waals surface area contributed by atoms with Gasteiger partial charge in [0.1, 0.15) is 11.6 Å². The number of allylic oxidation sites excluding steroid dienone is 1. The normalized spacial score (nSPS) is 11.1. The summed E-state index contributed by atoms with van der Waals surface area (Å²) < 4.78 is 70.3. The van der Waals surface area contributed by atoms with E-state index in [1.165, 1.54) is 36.4 Å². The molecule has 0 unspecified atom stereocenters. The summed E-state index contributed by atoms with van der Waals surface area (Å²) >= 11 is 0. The molecule has 5 heteroatoms. The molecule has 0 N–H and O–H groups in total. The van der Waals surface area contributed by atoms with Crippen LogP contribution >= 0.6 is 0 Å². The average Bonchev–Trinajstić information content (AvgIpc) is 2.76. The molecule has 0 bridgehead atoms. The third-order valence-electron chi connectivity index (χ3n) is 5.23. The van der Waals surface area contributed by atoms with Crippen molar-refractivity contribution in [2.75, 3.05) is 0 Å². The van der Waals surface area contributed by atoms with Crippen molar-refractivity contribution in [3.63, 3.8) is 0 Å². The van der Waals surface area contributed by atoms with Gasteiger partial charge in [0.15, 0.2) is 17.5 Å². The van der Waals surface area contributed by atoms with Gasteiger partial charge >= 0.3 is 0 Å². The molecule has 0 saturated heterocycles. The first-order valence-corrected chi connectivity index (χ1v) is 9.66. The summed E-state index contributed by atoms with van der Waals surface area (Å²) in [6.07, 6.45) is 3.15. The fraction of sp³-hybridized carbons (Fsp3) is 0.0769. The van der Waals surface area contributed by atoms with E-state index in [4.69, 9.17) is 0 Å². The van der Waals surface area contributed by atoms with E-state index in [1.54, 1.807) is 24.3 Å². The molecule has 0 aliphatic rings. The van der Waals surface area contributed by atoms with E-state index >= 15 is 0 Å². The molecule has 31 heavy (non-hydrogen) atoms. The molecule has 0 amide bonds. The second-order valence-corrected chi connectivity index (χ2v) is 7.26. The van der Waals surface area contributed by atoms with Crippen LogP contribution in [0.4, 0.5) is 22.0 Å². The van der Waals surface area contributed by atoms with Gasteiger partial charge in [-0.25, -0.2) is 22.0 Å². The first kappa shape index (κ1) is 20.8. The maximum absolute atomic E-state index is 14.9. The Morgan fingerprint density at radius 1 is 0.645 bits per heavy atom. The molecule has 0 nitrogen and oxygen atoms in total. The number of rotatable bonds is 5. The lowest BCUT2D eigenvalue weighted by Gasteiger charge is -2.10. The minimum atomic E-state index is -1.55. The lowest BCUT2D eigenvalue weighted by molar-refractivity contribution is 0.453. The molecule has 0 aliphatic heterocycles. The molecule has 0 radical (unpaired) electrons. The van der Waals surface area contributed by atoms with Crippen molar-refractivity contribution in [3.8, 4) is 22.3 Å². The number of halogens is 5. The van der Waals surface area contributed by atoms with Crippen LogP contribution in [0.2, 0.25) is 0 Å². The molecular formula is C26H17F5. The van der Waals surface area contributed by atoms with E-state index in [0.29, 0.717) is 17.5 Å². The molecule has 0 saturated carbocycles. The first-order chi connectivity index (χ1) is 14.9. The summed E-state index contributed by atoms with van der Waals surface area (Å²) in [5, 5.41) is 0.0110. The molecule has 0 fully saturated rings. The van der Waals surface area contributed by atoms with Crippen LogP contribution in [0.1, 0.15) is 12.0 Å². The predicted molar refractivity (Wildman–Crippen MR) is 113 cm³/mol. The van der Waals surface area contributed by atoms with Gasteiger partial charge in [-0.3, -0.25) is 0 Å². The third kappa shape index (κ3) is 3.96. The van der Waals surface area contributed by atoms with Crippen molar-refractivity contribution in [1.29, 1.82) is 0 Å². The van der Waals surface area contributed by atoms with Gasteiger partial charge in [-0.1, -0.05) is 42.5 Å². The molecule has 0 heterocycles. The van der Waals surface area contributed by atoms with Crippen molar-refractivity contribution >= 4 is 10.8 Å². The summed E-state index contributed by atoms with van der Waals surface area (Å²) in [5.41, 5.74) is 2.01. The van der Waals surface area contributed by atoms with Gasteiger partial charge in [0.05, 0.1) is 0 Å². The second kappa shape index (κ2) is 8.34. The Bertz CT molecular complexity index is 1310. The number of hydrogen-bond acceptors (Lipinski definition) is 0. The molecule has 0 aliphatic carbocycles. The predicted octanol–water partition coefficient (Wildman–Crippen LogP) is 7.99. The lowest BCUT2D eigenvalue weighted by Crippen LogP contribution is -1.94. The minimum Gasteiger partial charge on any atom is -0.206 e. The van der Waals surface area contributed by atoms with E-state index < -0.39 is 29.1 Å². The highest BCUT2D eigenvalue weighted by Gasteiger charge is 2.15. The molecule has 0 spiro atoms. The Kier molecular flexibility index (Phi) is 5.59.